The van der Waals surface area contributed by atoms with Gasteiger partial charge in [-0.05, 0) is 42.3 Å². The van der Waals surface area contributed by atoms with Gasteiger partial charge in [0.15, 0.2) is 5.65 Å². The van der Waals surface area contributed by atoms with Crippen LogP contribution in [0.5, 0.6) is 5.75 Å². The van der Waals surface area contributed by atoms with Gasteiger partial charge in [0.2, 0.25) is 5.95 Å². The topological polar surface area (TPSA) is 64.9 Å². The van der Waals surface area contributed by atoms with Crippen molar-refractivity contribution in [3.05, 3.63) is 96.2 Å². The van der Waals surface area contributed by atoms with Crippen LogP contribution >= 0.6 is 0 Å². The molecule has 5 aromatic rings. The van der Waals surface area contributed by atoms with Crippen molar-refractivity contribution >= 4 is 17.1 Å². The average molecular weight is 457 g/mol. The number of ether oxygens (including phenoxy) is 1. The summed E-state index contributed by atoms with van der Waals surface area (Å²) in [6.45, 7) is 0.455. The number of benzene rings is 3. The molecule has 3 aromatic carbocycles. The van der Waals surface area contributed by atoms with E-state index in [0.29, 0.717) is 52.8 Å². The average Bonchev–Trinajstić information content (AvgIpc) is 3.24. The van der Waals surface area contributed by atoms with Crippen molar-refractivity contribution in [3.8, 4) is 22.8 Å². The van der Waals surface area contributed by atoms with E-state index in [9.17, 15) is 8.78 Å². The smallest absolute Gasteiger partial charge is 0.224 e. The summed E-state index contributed by atoms with van der Waals surface area (Å²) in [6.07, 6.45) is 2.10. The number of fused-ring (bicyclic) bond motifs is 1. The highest BCUT2D eigenvalue weighted by atomic mass is 19.1. The van der Waals surface area contributed by atoms with Gasteiger partial charge in [-0.1, -0.05) is 36.4 Å². The predicted octanol–water partition coefficient (Wildman–Crippen LogP) is 5.42. The van der Waals surface area contributed by atoms with E-state index in [2.05, 4.69) is 20.3 Å². The summed E-state index contributed by atoms with van der Waals surface area (Å²) in [5, 5.41) is 3.16. The molecule has 0 aliphatic rings. The molecule has 0 aliphatic carbocycles. The van der Waals surface area contributed by atoms with Crippen LogP contribution < -0.4 is 10.1 Å². The van der Waals surface area contributed by atoms with Crippen LogP contribution in [0.2, 0.25) is 0 Å². The fourth-order valence-corrected chi connectivity index (χ4v) is 3.78. The van der Waals surface area contributed by atoms with Crippen LogP contribution in [0, 0.1) is 11.6 Å². The maximum absolute atomic E-state index is 14.0. The van der Waals surface area contributed by atoms with E-state index in [1.165, 1.54) is 18.2 Å². The number of rotatable bonds is 7. The van der Waals surface area contributed by atoms with Gasteiger partial charge >= 0.3 is 0 Å². The first-order valence-electron chi connectivity index (χ1n) is 10.8. The molecule has 0 unspecified atom stereocenters. The van der Waals surface area contributed by atoms with E-state index in [0.717, 1.165) is 5.69 Å². The van der Waals surface area contributed by atoms with Gasteiger partial charge in [0.05, 0.1) is 19.0 Å². The molecule has 0 amide bonds. The Morgan fingerprint density at radius 1 is 0.941 bits per heavy atom. The lowest BCUT2D eigenvalue weighted by molar-refractivity contribution is 0.414. The molecular weight excluding hydrogens is 436 g/mol. The predicted molar refractivity (Wildman–Crippen MR) is 127 cm³/mol. The Hall–Kier alpha value is -4.33. The standard InChI is InChI=1S/C26H21F2N5O/c1-34-21-10-5-9-20(15-21)33-24(18-7-4-8-19(27)14-18)31-23-16-30-26(32-25(23)33)29-13-12-17-6-2-3-11-22(17)28/h2-11,14-16H,12-13H2,1H3,(H,29,30,32). The minimum atomic E-state index is -0.358. The zero-order chi connectivity index (χ0) is 23.5. The zero-order valence-corrected chi connectivity index (χ0v) is 18.4. The molecule has 6 nitrogen and oxygen atoms in total. The minimum Gasteiger partial charge on any atom is -0.497 e. The van der Waals surface area contributed by atoms with Crippen molar-refractivity contribution in [2.75, 3.05) is 19.0 Å². The molecule has 5 rings (SSSR count). The highest BCUT2D eigenvalue weighted by Crippen LogP contribution is 2.29. The molecule has 0 saturated heterocycles. The van der Waals surface area contributed by atoms with Gasteiger partial charge in [0.1, 0.15) is 28.7 Å². The second-order valence-electron chi connectivity index (χ2n) is 7.65. The molecule has 8 heteroatoms. The number of hydrogen-bond donors (Lipinski definition) is 1. The van der Waals surface area contributed by atoms with E-state index >= 15 is 0 Å². The summed E-state index contributed by atoms with van der Waals surface area (Å²) in [6, 6.07) is 20.4. The number of imidazole rings is 1. The Bertz CT molecular complexity index is 1470. The number of halogens is 2. The van der Waals surface area contributed by atoms with Crippen LogP contribution in [0.4, 0.5) is 14.7 Å². The first-order valence-corrected chi connectivity index (χ1v) is 10.8. The molecule has 34 heavy (non-hydrogen) atoms. The number of methoxy groups -OCH3 is 1. The molecule has 0 atom stereocenters. The second kappa shape index (κ2) is 9.27. The van der Waals surface area contributed by atoms with Crippen LogP contribution in [0.1, 0.15) is 5.56 Å². The quantitative estimate of drug-likeness (QED) is 0.353. The Balaban J connectivity index is 1.55. The van der Waals surface area contributed by atoms with Crippen LogP contribution in [0.15, 0.2) is 79.0 Å². The number of anilines is 1. The third kappa shape index (κ3) is 4.30. The van der Waals surface area contributed by atoms with Crippen molar-refractivity contribution < 1.29 is 13.5 Å². The van der Waals surface area contributed by atoms with Crippen LogP contribution in [0.3, 0.4) is 0 Å². The van der Waals surface area contributed by atoms with Gasteiger partial charge in [0, 0.05) is 18.2 Å². The molecule has 0 radical (unpaired) electrons. The third-order valence-corrected chi connectivity index (χ3v) is 5.43. The molecule has 0 saturated carbocycles. The van der Waals surface area contributed by atoms with E-state index in [-0.39, 0.29) is 11.6 Å². The fourth-order valence-electron chi connectivity index (χ4n) is 3.78. The first kappa shape index (κ1) is 21.5. The van der Waals surface area contributed by atoms with Gasteiger partial charge in [0.25, 0.3) is 0 Å². The summed E-state index contributed by atoms with van der Waals surface area (Å²) >= 11 is 0. The van der Waals surface area contributed by atoms with E-state index < -0.39 is 0 Å². The molecular formula is C26H21F2N5O. The van der Waals surface area contributed by atoms with Gasteiger partial charge in [-0.2, -0.15) is 4.98 Å². The summed E-state index contributed by atoms with van der Waals surface area (Å²) in [5.74, 6) is 0.987. The fraction of sp³-hybridized carbons (Fsp3) is 0.115. The van der Waals surface area contributed by atoms with E-state index in [1.54, 1.807) is 37.6 Å². The van der Waals surface area contributed by atoms with Gasteiger partial charge in [-0.15, -0.1) is 0 Å². The van der Waals surface area contributed by atoms with Gasteiger partial charge < -0.3 is 10.1 Å². The molecule has 1 N–H and O–H groups in total. The zero-order valence-electron chi connectivity index (χ0n) is 18.4. The minimum absolute atomic E-state index is 0.239. The van der Waals surface area contributed by atoms with E-state index in [4.69, 9.17) is 4.74 Å². The highest BCUT2D eigenvalue weighted by molar-refractivity contribution is 5.80. The lowest BCUT2D eigenvalue weighted by Crippen LogP contribution is -2.09. The monoisotopic (exact) mass is 457 g/mol. The second-order valence-corrected chi connectivity index (χ2v) is 7.65. The van der Waals surface area contributed by atoms with Crippen molar-refractivity contribution in [3.63, 3.8) is 0 Å². The Kier molecular flexibility index (Phi) is 5.86. The molecule has 0 spiro atoms. The van der Waals surface area contributed by atoms with Crippen molar-refractivity contribution in [1.82, 2.24) is 19.5 Å². The van der Waals surface area contributed by atoms with E-state index in [1.807, 2.05) is 34.9 Å². The summed E-state index contributed by atoms with van der Waals surface area (Å²) in [4.78, 5) is 13.7. The molecule has 0 bridgehead atoms. The van der Waals surface area contributed by atoms with Crippen LogP contribution in [-0.2, 0) is 6.42 Å². The molecule has 170 valence electrons. The van der Waals surface area contributed by atoms with Crippen molar-refractivity contribution in [2.45, 2.75) is 6.42 Å². The normalized spacial score (nSPS) is 11.0. The van der Waals surface area contributed by atoms with Crippen molar-refractivity contribution in [1.29, 1.82) is 0 Å². The molecule has 0 aliphatic heterocycles. The number of nitrogens with one attached hydrogen (secondary N) is 1. The first-order chi connectivity index (χ1) is 16.6. The largest absolute Gasteiger partial charge is 0.497 e. The molecule has 2 aromatic heterocycles. The molecule has 0 fully saturated rings. The lowest BCUT2D eigenvalue weighted by Gasteiger charge is -2.11. The summed E-state index contributed by atoms with van der Waals surface area (Å²) < 4.78 is 35.2. The summed E-state index contributed by atoms with van der Waals surface area (Å²) in [7, 11) is 1.60. The Morgan fingerprint density at radius 3 is 2.62 bits per heavy atom. The van der Waals surface area contributed by atoms with Crippen LogP contribution in [-0.4, -0.2) is 33.2 Å². The SMILES string of the molecule is COc1cccc(-n2c(-c3cccc(F)c3)nc3cnc(NCCc4ccccc4F)nc32)c1. The highest BCUT2D eigenvalue weighted by Gasteiger charge is 2.17. The third-order valence-electron chi connectivity index (χ3n) is 5.43. The number of hydrogen-bond acceptors (Lipinski definition) is 5. The maximum Gasteiger partial charge on any atom is 0.224 e. The van der Waals surface area contributed by atoms with Gasteiger partial charge in [-0.25, -0.2) is 18.7 Å². The number of aromatic nitrogens is 4. The molecule has 2 heterocycles. The van der Waals surface area contributed by atoms with Crippen molar-refractivity contribution in [2.24, 2.45) is 0 Å². The van der Waals surface area contributed by atoms with Crippen LogP contribution in [0.25, 0.3) is 28.2 Å². The Morgan fingerprint density at radius 2 is 1.79 bits per heavy atom. The number of nitrogens with zero attached hydrogens (tertiary/aromatic N) is 4. The Labute approximate surface area is 194 Å². The summed E-state index contributed by atoms with van der Waals surface area (Å²) in [5.41, 5.74) is 3.09. The lowest BCUT2D eigenvalue weighted by atomic mass is 10.1. The van der Waals surface area contributed by atoms with Gasteiger partial charge in [-0.3, -0.25) is 4.57 Å². The maximum atomic E-state index is 14.0.